The van der Waals surface area contributed by atoms with Gasteiger partial charge in [0.15, 0.2) is 0 Å². The summed E-state index contributed by atoms with van der Waals surface area (Å²) in [5, 5.41) is 9.16. The summed E-state index contributed by atoms with van der Waals surface area (Å²) in [5.74, 6) is -0.348. The second kappa shape index (κ2) is 30.8. The van der Waals surface area contributed by atoms with Gasteiger partial charge in [0.05, 0.1) is 19.5 Å². The van der Waals surface area contributed by atoms with Gasteiger partial charge in [0.2, 0.25) is 11.8 Å². The number of imidazole rings is 1. The van der Waals surface area contributed by atoms with Gasteiger partial charge >= 0.3 is 0 Å². The Bertz CT molecular complexity index is 723. The highest BCUT2D eigenvalue weighted by molar-refractivity contribution is 5.87. The van der Waals surface area contributed by atoms with Crippen LogP contribution in [0.2, 0.25) is 0 Å². The number of amides is 2. The lowest BCUT2D eigenvalue weighted by molar-refractivity contribution is -0.129. The van der Waals surface area contributed by atoms with Crippen LogP contribution in [-0.4, -0.2) is 67.2 Å². The number of nitrogens with zero attached hydrogens (tertiary/aromatic N) is 1. The van der Waals surface area contributed by atoms with Gasteiger partial charge in [-0.15, -0.1) is 12.4 Å². The zero-order valence-corrected chi connectivity index (χ0v) is 27.4. The van der Waals surface area contributed by atoms with E-state index < -0.39 is 6.04 Å². The van der Waals surface area contributed by atoms with Crippen molar-refractivity contribution in [3.8, 4) is 0 Å². The van der Waals surface area contributed by atoms with E-state index in [1.54, 1.807) is 12.5 Å². The largest absolute Gasteiger partial charge is 0.378 e. The number of rotatable bonds is 30. The number of hydrogen-bond donors (Lipinski definition) is 5. The topological polar surface area (TPSA) is 134 Å². The predicted molar refractivity (Wildman–Crippen MR) is 176 cm³/mol. The molecule has 246 valence electrons. The summed E-state index contributed by atoms with van der Waals surface area (Å²) >= 11 is 0. The van der Waals surface area contributed by atoms with Gasteiger partial charge in [-0.2, -0.15) is 0 Å². The van der Waals surface area contributed by atoms with Crippen LogP contribution >= 0.6 is 12.4 Å². The number of carbonyl (C=O) groups is 2. The SMILES string of the molecule is CCCCCCCCCCCCCCCCCCNCCCC(=O)N[C@@H](Cc1cnc[nH]1)C(=O)NCCOCCN.Cl. The number of halogens is 1. The van der Waals surface area contributed by atoms with Gasteiger partial charge < -0.3 is 31.4 Å². The fourth-order valence-corrected chi connectivity index (χ4v) is 4.94. The van der Waals surface area contributed by atoms with Crippen molar-refractivity contribution in [2.24, 2.45) is 5.73 Å². The van der Waals surface area contributed by atoms with Crippen LogP contribution in [-0.2, 0) is 20.7 Å². The van der Waals surface area contributed by atoms with E-state index >= 15 is 0 Å². The third kappa shape index (κ3) is 24.9. The Morgan fingerprint density at radius 3 is 1.95 bits per heavy atom. The quantitative estimate of drug-likeness (QED) is 0.0718. The molecule has 0 aliphatic heterocycles. The zero-order chi connectivity index (χ0) is 29.6. The Balaban J connectivity index is 0.0000168. The lowest BCUT2D eigenvalue weighted by Crippen LogP contribution is -2.48. The first-order valence-electron chi connectivity index (χ1n) is 16.7. The van der Waals surface area contributed by atoms with Crippen molar-refractivity contribution >= 4 is 24.2 Å². The number of carbonyl (C=O) groups excluding carboxylic acids is 2. The molecule has 0 spiro atoms. The molecule has 42 heavy (non-hydrogen) atoms. The van der Waals surface area contributed by atoms with Gasteiger partial charge in [-0.05, 0) is 25.9 Å². The smallest absolute Gasteiger partial charge is 0.243 e. The van der Waals surface area contributed by atoms with Gasteiger partial charge in [0.25, 0.3) is 0 Å². The molecule has 0 fully saturated rings. The van der Waals surface area contributed by atoms with Crippen LogP contribution in [0, 0.1) is 0 Å². The first-order valence-corrected chi connectivity index (χ1v) is 16.7. The molecule has 10 heteroatoms. The molecular formula is C32H63ClN6O3. The van der Waals surface area contributed by atoms with Crippen molar-refractivity contribution in [3.05, 3.63) is 18.2 Å². The van der Waals surface area contributed by atoms with Gasteiger partial charge in [0.1, 0.15) is 6.04 Å². The minimum absolute atomic E-state index is 0. The number of unbranched alkanes of at least 4 members (excludes halogenated alkanes) is 15. The lowest BCUT2D eigenvalue weighted by atomic mass is 10.0. The van der Waals surface area contributed by atoms with E-state index in [-0.39, 0.29) is 24.2 Å². The normalized spacial score (nSPS) is 11.7. The van der Waals surface area contributed by atoms with Crippen molar-refractivity contribution in [3.63, 3.8) is 0 Å². The van der Waals surface area contributed by atoms with Crippen LogP contribution in [0.3, 0.4) is 0 Å². The second-order valence-corrected chi connectivity index (χ2v) is 11.2. The number of ether oxygens (including phenoxy) is 1. The highest BCUT2D eigenvalue weighted by atomic mass is 35.5. The number of aromatic amines is 1. The van der Waals surface area contributed by atoms with Crippen LogP contribution in [0.15, 0.2) is 12.5 Å². The average molecular weight is 615 g/mol. The third-order valence-electron chi connectivity index (χ3n) is 7.40. The van der Waals surface area contributed by atoms with Crippen LogP contribution in [0.25, 0.3) is 0 Å². The predicted octanol–water partition coefficient (Wildman–Crippen LogP) is 5.58. The Morgan fingerprint density at radius 1 is 0.833 bits per heavy atom. The molecule has 1 rings (SSSR count). The molecular weight excluding hydrogens is 552 g/mol. The van der Waals surface area contributed by atoms with E-state index in [4.69, 9.17) is 10.5 Å². The second-order valence-electron chi connectivity index (χ2n) is 11.2. The summed E-state index contributed by atoms with van der Waals surface area (Å²) in [5.41, 5.74) is 6.20. The third-order valence-corrected chi connectivity index (χ3v) is 7.40. The van der Waals surface area contributed by atoms with E-state index in [2.05, 4.69) is 32.8 Å². The number of hydrogen-bond acceptors (Lipinski definition) is 6. The maximum Gasteiger partial charge on any atom is 0.243 e. The molecule has 1 heterocycles. The van der Waals surface area contributed by atoms with E-state index in [9.17, 15) is 9.59 Å². The summed E-state index contributed by atoms with van der Waals surface area (Å²) in [7, 11) is 0. The van der Waals surface area contributed by atoms with Gasteiger partial charge in [-0.25, -0.2) is 4.98 Å². The molecule has 0 aliphatic rings. The summed E-state index contributed by atoms with van der Waals surface area (Å²) in [6.07, 6.45) is 26.8. The monoisotopic (exact) mass is 614 g/mol. The minimum Gasteiger partial charge on any atom is -0.378 e. The summed E-state index contributed by atoms with van der Waals surface area (Å²) < 4.78 is 5.30. The Labute approximate surface area is 262 Å². The molecule has 1 aromatic heterocycles. The van der Waals surface area contributed by atoms with E-state index in [1.165, 1.54) is 103 Å². The molecule has 0 bridgehead atoms. The van der Waals surface area contributed by atoms with E-state index in [1.807, 2.05) is 0 Å². The highest BCUT2D eigenvalue weighted by Gasteiger charge is 2.21. The zero-order valence-electron chi connectivity index (χ0n) is 26.6. The highest BCUT2D eigenvalue weighted by Crippen LogP contribution is 2.13. The van der Waals surface area contributed by atoms with Crippen molar-refractivity contribution < 1.29 is 14.3 Å². The number of aromatic nitrogens is 2. The molecule has 0 saturated carbocycles. The number of H-pyrrole nitrogens is 1. The van der Waals surface area contributed by atoms with Crippen LogP contribution in [0.1, 0.15) is 128 Å². The Morgan fingerprint density at radius 2 is 1.40 bits per heavy atom. The molecule has 0 saturated heterocycles. The van der Waals surface area contributed by atoms with E-state index in [0.717, 1.165) is 25.2 Å². The van der Waals surface area contributed by atoms with Crippen LogP contribution in [0.5, 0.6) is 0 Å². The molecule has 1 aromatic rings. The standard InChI is InChI=1S/C32H62N6O3.ClH/c1-2-3-4-5-6-7-8-9-10-11-12-13-14-15-16-17-21-34-22-18-19-31(39)38-30(26-29-27-35-28-37-29)32(40)36-23-25-41-24-20-33;/h27-28,30,34H,2-26,33H2,1H3,(H,35,37)(H,36,40)(H,38,39);1H/t30-;/m0./s1. The molecule has 0 radical (unpaired) electrons. The van der Waals surface area contributed by atoms with Crippen molar-refractivity contribution in [1.29, 1.82) is 0 Å². The molecule has 2 amide bonds. The first-order chi connectivity index (χ1) is 20.2. The van der Waals surface area contributed by atoms with Gasteiger partial charge in [0, 0.05) is 37.8 Å². The summed E-state index contributed by atoms with van der Waals surface area (Å²) in [6.45, 7) is 5.75. The summed E-state index contributed by atoms with van der Waals surface area (Å²) in [6, 6.07) is -0.657. The lowest BCUT2D eigenvalue weighted by Gasteiger charge is -2.18. The van der Waals surface area contributed by atoms with Crippen LogP contribution in [0.4, 0.5) is 0 Å². The summed E-state index contributed by atoms with van der Waals surface area (Å²) in [4.78, 5) is 32.2. The molecule has 0 aliphatic carbocycles. The maximum absolute atomic E-state index is 12.6. The number of nitrogens with two attached hydrogens (primary N) is 1. The first kappa shape index (κ1) is 40.3. The Kier molecular flexibility index (Phi) is 29.5. The molecule has 1 atom stereocenters. The molecule has 0 aromatic carbocycles. The van der Waals surface area contributed by atoms with Gasteiger partial charge in [-0.3, -0.25) is 9.59 Å². The fourth-order valence-electron chi connectivity index (χ4n) is 4.94. The molecule has 0 unspecified atom stereocenters. The van der Waals surface area contributed by atoms with Crippen molar-refractivity contribution in [1.82, 2.24) is 25.9 Å². The van der Waals surface area contributed by atoms with Crippen molar-refractivity contribution in [2.45, 2.75) is 135 Å². The average Bonchev–Trinajstić information content (AvgIpc) is 3.49. The fraction of sp³-hybridized carbons (Fsp3) is 0.844. The Hall–Kier alpha value is -1.68. The van der Waals surface area contributed by atoms with Crippen molar-refractivity contribution in [2.75, 3.05) is 39.4 Å². The molecule has 6 N–H and O–H groups in total. The van der Waals surface area contributed by atoms with Crippen LogP contribution < -0.4 is 21.7 Å². The maximum atomic E-state index is 12.6. The number of nitrogens with one attached hydrogen (secondary N) is 4. The van der Waals surface area contributed by atoms with Gasteiger partial charge in [-0.1, -0.05) is 103 Å². The minimum atomic E-state index is -0.657. The van der Waals surface area contributed by atoms with E-state index in [0.29, 0.717) is 39.1 Å². The molecule has 9 nitrogen and oxygen atoms in total.